The van der Waals surface area contributed by atoms with Crippen molar-refractivity contribution < 1.29 is 9.59 Å². The number of fused-ring (bicyclic) bond motifs is 1. The summed E-state index contributed by atoms with van der Waals surface area (Å²) in [7, 11) is 0. The van der Waals surface area contributed by atoms with Crippen molar-refractivity contribution in [1.29, 1.82) is 0 Å². The lowest BCUT2D eigenvalue weighted by Crippen LogP contribution is -2.41. The molecule has 31 heavy (non-hydrogen) atoms. The van der Waals surface area contributed by atoms with Crippen molar-refractivity contribution in [2.24, 2.45) is 5.73 Å². The van der Waals surface area contributed by atoms with Crippen molar-refractivity contribution in [3.63, 3.8) is 0 Å². The summed E-state index contributed by atoms with van der Waals surface area (Å²) in [6, 6.07) is 8.25. The van der Waals surface area contributed by atoms with Gasteiger partial charge in [-0.1, -0.05) is 12.1 Å². The van der Waals surface area contributed by atoms with E-state index < -0.39 is 17.5 Å². The molecule has 0 spiro atoms. The van der Waals surface area contributed by atoms with Crippen LogP contribution in [0.2, 0.25) is 0 Å². The number of rotatable bonds is 6. The molecule has 4 N–H and O–H groups in total. The van der Waals surface area contributed by atoms with E-state index in [0.717, 1.165) is 4.57 Å². The number of nitrogens with one attached hydrogen (secondary N) is 2. The van der Waals surface area contributed by atoms with Gasteiger partial charge in [0, 0.05) is 23.7 Å². The Morgan fingerprint density at radius 2 is 2.00 bits per heavy atom. The number of para-hydroxylation sites is 1. The third-order valence-corrected chi connectivity index (χ3v) is 5.50. The van der Waals surface area contributed by atoms with Gasteiger partial charge < -0.3 is 16.0 Å². The molecule has 10 nitrogen and oxygen atoms in total. The summed E-state index contributed by atoms with van der Waals surface area (Å²) in [4.78, 5) is 56.2. The lowest BCUT2D eigenvalue weighted by Gasteiger charge is -2.12. The van der Waals surface area contributed by atoms with Crippen LogP contribution in [-0.4, -0.2) is 30.9 Å². The zero-order valence-corrected chi connectivity index (χ0v) is 17.2. The highest BCUT2D eigenvalue weighted by molar-refractivity contribution is 7.14. The minimum absolute atomic E-state index is 0.198. The zero-order valence-electron chi connectivity index (χ0n) is 16.4. The number of nitrogens with zero attached hydrogens (tertiary/aromatic N) is 3. The van der Waals surface area contributed by atoms with Gasteiger partial charge in [0.2, 0.25) is 5.91 Å². The van der Waals surface area contributed by atoms with E-state index in [-0.39, 0.29) is 24.3 Å². The summed E-state index contributed by atoms with van der Waals surface area (Å²) < 4.78 is 2.37. The lowest BCUT2D eigenvalue weighted by atomic mass is 10.2. The van der Waals surface area contributed by atoms with Crippen molar-refractivity contribution in [2.45, 2.75) is 20.0 Å². The Labute approximate surface area is 179 Å². The second-order valence-electron chi connectivity index (χ2n) is 6.69. The fourth-order valence-corrected chi connectivity index (χ4v) is 3.99. The standard InChI is InChI=1S/C20H18N6O4S/c1-2-25-18(29)12-5-3-4-6-15(12)26(20(25)30)9-16(27)24-19-23-14(10-31-19)11-7-13(17(21)28)22-8-11/h3-8,10,22H,2,9H2,1H3,(H2,21,28)(H,23,24,27). The highest BCUT2D eigenvalue weighted by Crippen LogP contribution is 2.25. The van der Waals surface area contributed by atoms with E-state index in [0.29, 0.717) is 27.3 Å². The molecule has 11 heteroatoms. The summed E-state index contributed by atoms with van der Waals surface area (Å²) in [6.07, 6.45) is 1.60. The summed E-state index contributed by atoms with van der Waals surface area (Å²) >= 11 is 1.20. The SMILES string of the molecule is CCn1c(=O)c2ccccc2n(CC(=O)Nc2nc(-c3c[nH]c(C(N)=O)c3)cs2)c1=O. The molecule has 0 aliphatic heterocycles. The monoisotopic (exact) mass is 438 g/mol. The Morgan fingerprint density at radius 1 is 1.23 bits per heavy atom. The van der Waals surface area contributed by atoms with Crippen molar-refractivity contribution in [1.82, 2.24) is 19.1 Å². The van der Waals surface area contributed by atoms with Crippen molar-refractivity contribution in [3.05, 3.63) is 68.4 Å². The third kappa shape index (κ3) is 3.78. The quantitative estimate of drug-likeness (QED) is 0.416. The Hall–Kier alpha value is -3.99. The second-order valence-corrected chi connectivity index (χ2v) is 7.55. The van der Waals surface area contributed by atoms with Crippen LogP contribution < -0.4 is 22.3 Å². The largest absolute Gasteiger partial charge is 0.364 e. The van der Waals surface area contributed by atoms with E-state index in [9.17, 15) is 19.2 Å². The molecule has 0 fully saturated rings. The number of benzene rings is 1. The molecule has 4 aromatic rings. The first kappa shape index (κ1) is 20.3. The van der Waals surface area contributed by atoms with Gasteiger partial charge in [0.1, 0.15) is 12.2 Å². The number of hydrogen-bond acceptors (Lipinski definition) is 6. The van der Waals surface area contributed by atoms with E-state index in [4.69, 9.17) is 5.73 Å². The molecule has 3 aromatic heterocycles. The molecule has 0 saturated carbocycles. The van der Waals surface area contributed by atoms with Crippen molar-refractivity contribution in [2.75, 3.05) is 5.32 Å². The van der Waals surface area contributed by atoms with E-state index in [1.807, 2.05) is 0 Å². The van der Waals surface area contributed by atoms with Crippen LogP contribution in [0.4, 0.5) is 5.13 Å². The van der Waals surface area contributed by atoms with Crippen molar-refractivity contribution in [3.8, 4) is 11.3 Å². The highest BCUT2D eigenvalue weighted by atomic mass is 32.1. The van der Waals surface area contributed by atoms with E-state index in [2.05, 4.69) is 15.3 Å². The molecule has 0 unspecified atom stereocenters. The van der Waals surface area contributed by atoms with Crippen LogP contribution >= 0.6 is 11.3 Å². The number of aromatic amines is 1. The third-order valence-electron chi connectivity index (χ3n) is 4.74. The molecule has 0 aliphatic rings. The van der Waals surface area contributed by atoms with E-state index in [1.54, 1.807) is 48.8 Å². The van der Waals surface area contributed by atoms with Crippen LogP contribution in [0.15, 0.2) is 51.5 Å². The number of H-pyrrole nitrogens is 1. The molecule has 0 saturated heterocycles. The van der Waals surface area contributed by atoms with Gasteiger partial charge in [-0.3, -0.25) is 23.5 Å². The van der Waals surface area contributed by atoms with Gasteiger partial charge >= 0.3 is 5.69 Å². The molecular formula is C20H18N6O4S. The zero-order chi connectivity index (χ0) is 22.1. The number of amides is 2. The van der Waals surface area contributed by atoms with Gasteiger partial charge in [0.05, 0.1) is 16.6 Å². The predicted molar refractivity (Wildman–Crippen MR) is 117 cm³/mol. The highest BCUT2D eigenvalue weighted by Gasteiger charge is 2.16. The lowest BCUT2D eigenvalue weighted by molar-refractivity contribution is -0.116. The number of aromatic nitrogens is 4. The topological polar surface area (TPSA) is 145 Å². The van der Waals surface area contributed by atoms with E-state index >= 15 is 0 Å². The number of carbonyl (C=O) groups is 2. The van der Waals surface area contributed by atoms with Gasteiger partial charge in [-0.2, -0.15) is 0 Å². The van der Waals surface area contributed by atoms with Crippen LogP contribution in [0.1, 0.15) is 17.4 Å². The van der Waals surface area contributed by atoms with Crippen LogP contribution in [0.25, 0.3) is 22.2 Å². The minimum Gasteiger partial charge on any atom is -0.364 e. The summed E-state index contributed by atoms with van der Waals surface area (Å²) in [6.45, 7) is 1.62. The fraction of sp³-hybridized carbons (Fsp3) is 0.150. The Morgan fingerprint density at radius 3 is 2.71 bits per heavy atom. The predicted octanol–water partition coefficient (Wildman–Crippen LogP) is 1.37. The molecule has 1 aromatic carbocycles. The van der Waals surface area contributed by atoms with Gasteiger partial charge in [-0.05, 0) is 25.1 Å². The van der Waals surface area contributed by atoms with E-state index in [1.165, 1.54) is 15.9 Å². The summed E-state index contributed by atoms with van der Waals surface area (Å²) in [5.41, 5.74) is 6.17. The molecule has 0 aliphatic carbocycles. The van der Waals surface area contributed by atoms with Crippen molar-refractivity contribution >= 4 is 39.2 Å². The minimum atomic E-state index is -0.582. The van der Waals surface area contributed by atoms with Gasteiger partial charge in [-0.15, -0.1) is 11.3 Å². The number of carbonyl (C=O) groups excluding carboxylic acids is 2. The molecular weight excluding hydrogens is 420 g/mol. The van der Waals surface area contributed by atoms with Gasteiger partial charge in [-0.25, -0.2) is 9.78 Å². The number of hydrogen-bond donors (Lipinski definition) is 3. The Bertz CT molecular complexity index is 1430. The first-order valence-electron chi connectivity index (χ1n) is 9.35. The molecule has 0 radical (unpaired) electrons. The average molecular weight is 438 g/mol. The maximum absolute atomic E-state index is 12.8. The molecule has 2 amide bonds. The maximum atomic E-state index is 12.8. The van der Waals surface area contributed by atoms with Gasteiger partial charge in [0.15, 0.2) is 5.13 Å². The number of nitrogens with two attached hydrogens (primary N) is 1. The molecule has 158 valence electrons. The fourth-order valence-electron chi connectivity index (χ4n) is 3.25. The molecule has 4 rings (SSSR count). The number of anilines is 1. The number of thiazole rings is 1. The Balaban J connectivity index is 1.59. The van der Waals surface area contributed by atoms with Crippen LogP contribution in [-0.2, 0) is 17.9 Å². The average Bonchev–Trinajstić information content (AvgIpc) is 3.41. The van der Waals surface area contributed by atoms with Gasteiger partial charge in [0.25, 0.3) is 11.5 Å². The molecule has 0 bridgehead atoms. The number of primary amides is 1. The summed E-state index contributed by atoms with van der Waals surface area (Å²) in [5, 5.41) is 5.10. The molecule has 3 heterocycles. The summed E-state index contributed by atoms with van der Waals surface area (Å²) in [5.74, 6) is -1.04. The first-order chi connectivity index (χ1) is 14.9. The van der Waals surface area contributed by atoms with Crippen LogP contribution in [0, 0.1) is 0 Å². The smallest absolute Gasteiger partial charge is 0.331 e. The first-order valence-corrected chi connectivity index (χ1v) is 10.2. The van der Waals surface area contributed by atoms with Crippen LogP contribution in [0.3, 0.4) is 0 Å². The van der Waals surface area contributed by atoms with Crippen LogP contribution in [0.5, 0.6) is 0 Å². The molecule has 0 atom stereocenters. The maximum Gasteiger partial charge on any atom is 0.331 e. The Kier molecular flexibility index (Phi) is 5.26. The second kappa shape index (κ2) is 8.03. The normalized spacial score (nSPS) is 11.0.